The molecule has 1 aromatic heterocycles. The van der Waals surface area contributed by atoms with Crippen molar-refractivity contribution in [1.29, 1.82) is 0 Å². The molecule has 4 aromatic rings. The fraction of sp³-hybridized carbons (Fsp3) is 0.111. The van der Waals surface area contributed by atoms with Gasteiger partial charge in [0.1, 0.15) is 0 Å². The molecule has 0 spiro atoms. The Morgan fingerprint density at radius 1 is 0.765 bits per heavy atom. The Labute approximate surface area is 200 Å². The number of pyridine rings is 1. The molecule has 172 valence electrons. The van der Waals surface area contributed by atoms with Crippen molar-refractivity contribution in [3.63, 3.8) is 0 Å². The molecule has 0 N–H and O–H groups in total. The number of sulfonamides is 1. The lowest BCUT2D eigenvalue weighted by molar-refractivity contribution is 0.0752. The molecule has 6 nitrogen and oxygen atoms in total. The Morgan fingerprint density at radius 2 is 1.35 bits per heavy atom. The third kappa shape index (κ3) is 4.70. The van der Waals surface area contributed by atoms with Crippen molar-refractivity contribution in [3.05, 3.63) is 126 Å². The quantitative estimate of drug-likeness (QED) is 0.389. The van der Waals surface area contributed by atoms with Gasteiger partial charge in [-0.25, -0.2) is 8.42 Å². The van der Waals surface area contributed by atoms with E-state index in [9.17, 15) is 13.2 Å². The summed E-state index contributed by atoms with van der Waals surface area (Å²) >= 11 is 0. The highest BCUT2D eigenvalue weighted by molar-refractivity contribution is 7.92. The van der Waals surface area contributed by atoms with Crippen molar-refractivity contribution in [2.45, 2.75) is 10.9 Å². The molecule has 0 aliphatic heterocycles. The average Bonchev–Trinajstić information content (AvgIpc) is 2.89. The molecular formula is C27H25N3O3S. The van der Waals surface area contributed by atoms with Gasteiger partial charge in [0.15, 0.2) is 0 Å². The first-order valence-electron chi connectivity index (χ1n) is 10.8. The van der Waals surface area contributed by atoms with Crippen molar-refractivity contribution in [3.8, 4) is 0 Å². The van der Waals surface area contributed by atoms with Crippen LogP contribution in [0.2, 0.25) is 0 Å². The van der Waals surface area contributed by atoms with Crippen LogP contribution in [0.15, 0.2) is 114 Å². The van der Waals surface area contributed by atoms with Gasteiger partial charge in [-0.15, -0.1) is 0 Å². The molecule has 3 aromatic carbocycles. The van der Waals surface area contributed by atoms with Crippen LogP contribution in [0.3, 0.4) is 0 Å². The number of hydrogen-bond acceptors (Lipinski definition) is 4. The summed E-state index contributed by atoms with van der Waals surface area (Å²) in [6.45, 7) is 0. The van der Waals surface area contributed by atoms with Gasteiger partial charge in [0.05, 0.1) is 22.3 Å². The summed E-state index contributed by atoms with van der Waals surface area (Å²) in [4.78, 5) is 19.6. The lowest BCUT2D eigenvalue weighted by Crippen LogP contribution is -2.32. The van der Waals surface area contributed by atoms with Gasteiger partial charge in [-0.05, 0) is 54.1 Å². The van der Waals surface area contributed by atoms with Gasteiger partial charge in [0.25, 0.3) is 15.9 Å². The number of anilines is 1. The van der Waals surface area contributed by atoms with Gasteiger partial charge in [-0.2, -0.15) is 0 Å². The summed E-state index contributed by atoms with van der Waals surface area (Å²) in [5.41, 5.74) is 2.62. The van der Waals surface area contributed by atoms with E-state index < -0.39 is 10.0 Å². The van der Waals surface area contributed by atoms with Crippen LogP contribution in [0.5, 0.6) is 0 Å². The maximum atomic E-state index is 13.4. The molecule has 1 amide bonds. The van der Waals surface area contributed by atoms with Crippen LogP contribution in [-0.4, -0.2) is 38.3 Å². The highest BCUT2D eigenvalue weighted by Gasteiger charge is 2.26. The number of hydrogen-bond donors (Lipinski definition) is 0. The number of carbonyl (C=O) groups is 1. The Morgan fingerprint density at radius 3 is 1.94 bits per heavy atom. The number of benzene rings is 3. The molecule has 0 fully saturated rings. The number of rotatable bonds is 7. The Balaban J connectivity index is 1.61. The zero-order valence-corrected chi connectivity index (χ0v) is 19.8. The SMILES string of the molecule is CN(C(=O)c1ccc(S(=O)(=O)N(C)c2ccccc2)cc1)C(c1ccccc1)c1ccccn1. The molecular weight excluding hydrogens is 446 g/mol. The monoisotopic (exact) mass is 471 g/mol. The Bertz CT molecular complexity index is 1310. The fourth-order valence-corrected chi connectivity index (χ4v) is 4.99. The van der Waals surface area contributed by atoms with E-state index in [1.165, 1.54) is 23.5 Å². The summed E-state index contributed by atoms with van der Waals surface area (Å²) in [7, 11) is -0.525. The Hall–Kier alpha value is -3.97. The predicted octanol–water partition coefficient (Wildman–Crippen LogP) is 4.77. The van der Waals surface area contributed by atoms with Gasteiger partial charge < -0.3 is 4.90 Å². The van der Waals surface area contributed by atoms with Gasteiger partial charge in [0.2, 0.25) is 0 Å². The third-order valence-electron chi connectivity index (χ3n) is 5.67. The van der Waals surface area contributed by atoms with Crippen molar-refractivity contribution in [1.82, 2.24) is 9.88 Å². The van der Waals surface area contributed by atoms with Crippen LogP contribution in [-0.2, 0) is 10.0 Å². The van der Waals surface area contributed by atoms with Crippen molar-refractivity contribution < 1.29 is 13.2 Å². The first kappa shape index (κ1) is 23.2. The zero-order chi connectivity index (χ0) is 24.1. The van der Waals surface area contributed by atoms with E-state index in [0.717, 1.165) is 11.3 Å². The molecule has 34 heavy (non-hydrogen) atoms. The summed E-state index contributed by atoms with van der Waals surface area (Å²) in [6, 6.07) is 29.8. The van der Waals surface area contributed by atoms with Gasteiger partial charge in [0, 0.05) is 25.9 Å². The molecule has 0 saturated heterocycles. The molecule has 0 bridgehead atoms. The van der Waals surface area contributed by atoms with E-state index in [0.29, 0.717) is 11.3 Å². The molecule has 0 aliphatic rings. The van der Waals surface area contributed by atoms with E-state index in [2.05, 4.69) is 4.98 Å². The molecule has 7 heteroatoms. The molecule has 1 heterocycles. The minimum absolute atomic E-state index is 0.113. The molecule has 0 radical (unpaired) electrons. The standard InChI is InChI=1S/C27H25N3O3S/c1-29(26(21-11-5-3-6-12-21)25-15-9-10-20-28-25)27(31)22-16-18-24(19-17-22)34(32,33)30(2)23-13-7-4-8-14-23/h3-20,26H,1-2H3. The van der Waals surface area contributed by atoms with E-state index in [1.54, 1.807) is 54.5 Å². The van der Waals surface area contributed by atoms with E-state index in [4.69, 9.17) is 0 Å². The zero-order valence-electron chi connectivity index (χ0n) is 18.9. The van der Waals surface area contributed by atoms with Crippen LogP contribution in [0.1, 0.15) is 27.7 Å². The van der Waals surface area contributed by atoms with E-state index in [-0.39, 0.29) is 16.8 Å². The first-order valence-corrected chi connectivity index (χ1v) is 12.2. The van der Waals surface area contributed by atoms with Crippen LogP contribution >= 0.6 is 0 Å². The lowest BCUT2D eigenvalue weighted by atomic mass is 10.0. The van der Waals surface area contributed by atoms with Crippen LogP contribution in [0.4, 0.5) is 5.69 Å². The normalized spacial score (nSPS) is 12.1. The smallest absolute Gasteiger partial charge is 0.264 e. The second-order valence-corrected chi connectivity index (χ2v) is 9.79. The summed E-state index contributed by atoms with van der Waals surface area (Å²) in [5, 5.41) is 0. The number of para-hydroxylation sites is 1. The largest absolute Gasteiger partial charge is 0.329 e. The van der Waals surface area contributed by atoms with Crippen molar-refractivity contribution in [2.75, 3.05) is 18.4 Å². The van der Waals surface area contributed by atoms with Gasteiger partial charge in [-0.1, -0.05) is 54.6 Å². The maximum absolute atomic E-state index is 13.4. The van der Waals surface area contributed by atoms with Crippen molar-refractivity contribution in [2.24, 2.45) is 0 Å². The highest BCUT2D eigenvalue weighted by Crippen LogP contribution is 2.28. The average molecular weight is 472 g/mol. The minimum Gasteiger partial charge on any atom is -0.329 e. The number of nitrogens with zero attached hydrogens (tertiary/aromatic N) is 3. The molecule has 1 atom stereocenters. The summed E-state index contributed by atoms with van der Waals surface area (Å²) in [5.74, 6) is -0.236. The second-order valence-electron chi connectivity index (χ2n) is 7.82. The molecule has 4 rings (SSSR count). The number of aromatic nitrogens is 1. The summed E-state index contributed by atoms with van der Waals surface area (Å²) < 4.78 is 27.3. The first-order chi connectivity index (χ1) is 16.4. The second kappa shape index (κ2) is 9.89. The molecule has 0 aliphatic carbocycles. The predicted molar refractivity (Wildman–Crippen MR) is 133 cm³/mol. The number of carbonyl (C=O) groups excluding carboxylic acids is 1. The minimum atomic E-state index is -3.76. The lowest BCUT2D eigenvalue weighted by Gasteiger charge is -2.28. The van der Waals surface area contributed by atoms with Gasteiger partial charge in [-0.3, -0.25) is 14.1 Å². The topological polar surface area (TPSA) is 70.6 Å². The van der Waals surface area contributed by atoms with E-state index >= 15 is 0 Å². The maximum Gasteiger partial charge on any atom is 0.264 e. The van der Waals surface area contributed by atoms with Crippen molar-refractivity contribution >= 4 is 21.6 Å². The number of amides is 1. The van der Waals surface area contributed by atoms with Crippen LogP contribution in [0.25, 0.3) is 0 Å². The van der Waals surface area contributed by atoms with Crippen LogP contribution in [0, 0.1) is 0 Å². The third-order valence-corrected chi connectivity index (χ3v) is 7.47. The molecule has 1 unspecified atom stereocenters. The van der Waals surface area contributed by atoms with E-state index in [1.807, 2.05) is 54.6 Å². The highest BCUT2D eigenvalue weighted by atomic mass is 32.2. The molecule has 0 saturated carbocycles. The fourth-order valence-electron chi connectivity index (χ4n) is 3.79. The Kier molecular flexibility index (Phi) is 6.75. The van der Waals surface area contributed by atoms with Gasteiger partial charge >= 0.3 is 0 Å². The van der Waals surface area contributed by atoms with Crippen LogP contribution < -0.4 is 4.31 Å². The summed E-state index contributed by atoms with van der Waals surface area (Å²) in [6.07, 6.45) is 1.70.